The number of nitrogens with one attached hydrogen (secondary N) is 1. The van der Waals surface area contributed by atoms with Gasteiger partial charge in [0.2, 0.25) is 0 Å². The Bertz CT molecular complexity index is 985. The van der Waals surface area contributed by atoms with Crippen molar-refractivity contribution >= 4 is 32.8 Å². The molecule has 0 amide bonds. The van der Waals surface area contributed by atoms with E-state index in [1.54, 1.807) is 12.1 Å². The van der Waals surface area contributed by atoms with E-state index < -0.39 is 5.97 Å². The minimum atomic E-state index is -1.09. The van der Waals surface area contributed by atoms with Crippen LogP contribution in [0, 0.1) is 5.82 Å². The molecule has 0 saturated heterocycles. The maximum absolute atomic E-state index is 13.3. The summed E-state index contributed by atoms with van der Waals surface area (Å²) in [6.07, 6.45) is 0.293. The van der Waals surface area contributed by atoms with Crippen molar-refractivity contribution in [3.63, 3.8) is 0 Å². The number of aromatic carboxylic acids is 1. The highest BCUT2D eigenvalue weighted by molar-refractivity contribution is 9.10. The summed E-state index contributed by atoms with van der Waals surface area (Å²) >= 11 is 3.11. The average Bonchev–Trinajstić information content (AvgIpc) is 2.50. The van der Waals surface area contributed by atoms with Crippen LogP contribution in [0.5, 0.6) is 0 Å². The summed E-state index contributed by atoms with van der Waals surface area (Å²) in [5.41, 5.74) is 0.786. The molecule has 0 unspecified atom stereocenters. The molecule has 1 aromatic heterocycles. The third-order valence-corrected chi connectivity index (χ3v) is 3.97. The van der Waals surface area contributed by atoms with E-state index in [4.69, 9.17) is 5.11 Å². The SMILES string of the molecule is O=C(O)c1ccc2c(=O)[nH]c(Cc3ccc(F)c(Br)c3)nc2c1. The molecule has 1 heterocycles. The lowest BCUT2D eigenvalue weighted by atomic mass is 10.1. The summed E-state index contributed by atoms with van der Waals surface area (Å²) < 4.78 is 13.6. The van der Waals surface area contributed by atoms with Crippen LogP contribution in [-0.2, 0) is 6.42 Å². The Balaban J connectivity index is 2.05. The molecule has 0 aliphatic rings. The van der Waals surface area contributed by atoms with Crippen LogP contribution in [0.4, 0.5) is 4.39 Å². The Morgan fingerprint density at radius 1 is 1.26 bits per heavy atom. The summed E-state index contributed by atoms with van der Waals surface area (Å²) in [4.78, 5) is 30.1. The number of hydrogen-bond donors (Lipinski definition) is 2. The molecule has 116 valence electrons. The highest BCUT2D eigenvalue weighted by atomic mass is 79.9. The number of carbonyl (C=O) groups is 1. The summed E-state index contributed by atoms with van der Waals surface area (Å²) in [6, 6.07) is 8.67. The van der Waals surface area contributed by atoms with E-state index >= 15 is 0 Å². The van der Waals surface area contributed by atoms with Crippen molar-refractivity contribution in [2.24, 2.45) is 0 Å². The van der Waals surface area contributed by atoms with Crippen LogP contribution in [0.25, 0.3) is 10.9 Å². The second-order valence-electron chi connectivity index (χ2n) is 4.97. The fourth-order valence-corrected chi connectivity index (χ4v) is 2.67. The van der Waals surface area contributed by atoms with E-state index in [2.05, 4.69) is 25.9 Å². The molecule has 5 nitrogen and oxygen atoms in total. The Hall–Kier alpha value is -2.54. The van der Waals surface area contributed by atoms with Gasteiger partial charge in [-0.2, -0.15) is 0 Å². The quantitative estimate of drug-likeness (QED) is 0.735. The number of aromatic amines is 1. The van der Waals surface area contributed by atoms with E-state index in [1.807, 2.05) is 0 Å². The van der Waals surface area contributed by atoms with Gasteiger partial charge in [0.15, 0.2) is 0 Å². The van der Waals surface area contributed by atoms with Gasteiger partial charge < -0.3 is 10.1 Å². The molecule has 0 bridgehead atoms. The Morgan fingerprint density at radius 2 is 2.04 bits per heavy atom. The summed E-state index contributed by atoms with van der Waals surface area (Å²) in [6.45, 7) is 0. The van der Waals surface area contributed by atoms with Crippen molar-refractivity contribution in [1.29, 1.82) is 0 Å². The standard InChI is InChI=1S/C16H10BrFN2O3/c17-11-5-8(1-4-12(11)18)6-14-19-13-7-9(16(22)23)2-3-10(13)15(21)20-14/h1-5,7H,6H2,(H,22,23)(H,19,20,21). The summed E-state index contributed by atoms with van der Waals surface area (Å²) in [5.74, 6) is -1.08. The number of rotatable bonds is 3. The fraction of sp³-hybridized carbons (Fsp3) is 0.0625. The zero-order valence-corrected chi connectivity index (χ0v) is 13.2. The Morgan fingerprint density at radius 3 is 2.74 bits per heavy atom. The molecule has 3 aromatic rings. The number of fused-ring (bicyclic) bond motifs is 1. The lowest BCUT2D eigenvalue weighted by Gasteiger charge is -2.05. The number of nitrogens with zero attached hydrogens (tertiary/aromatic N) is 1. The van der Waals surface area contributed by atoms with Gasteiger partial charge in [0.05, 0.1) is 20.9 Å². The zero-order chi connectivity index (χ0) is 16.6. The predicted octanol–water partition coefficient (Wildman–Crippen LogP) is 3.11. The molecule has 0 spiro atoms. The molecular formula is C16H10BrFN2O3. The monoisotopic (exact) mass is 376 g/mol. The molecule has 0 fully saturated rings. The predicted molar refractivity (Wildman–Crippen MR) is 86.2 cm³/mol. The molecule has 0 saturated carbocycles. The van der Waals surface area contributed by atoms with E-state index in [-0.39, 0.29) is 16.9 Å². The topological polar surface area (TPSA) is 83.0 Å². The van der Waals surface area contributed by atoms with Crippen molar-refractivity contribution in [3.8, 4) is 0 Å². The van der Waals surface area contributed by atoms with Crippen LogP contribution < -0.4 is 5.56 Å². The first-order valence-electron chi connectivity index (χ1n) is 6.64. The number of carboxylic acid groups (broad SMARTS) is 1. The average molecular weight is 377 g/mol. The Kier molecular flexibility index (Phi) is 3.96. The van der Waals surface area contributed by atoms with Gasteiger partial charge in [-0.05, 0) is 51.8 Å². The maximum Gasteiger partial charge on any atom is 0.335 e. The zero-order valence-electron chi connectivity index (χ0n) is 11.6. The van der Waals surface area contributed by atoms with E-state index in [0.29, 0.717) is 27.6 Å². The van der Waals surface area contributed by atoms with Crippen LogP contribution in [0.2, 0.25) is 0 Å². The lowest BCUT2D eigenvalue weighted by Crippen LogP contribution is -2.13. The number of halogens is 2. The van der Waals surface area contributed by atoms with Gasteiger partial charge in [0, 0.05) is 6.42 Å². The van der Waals surface area contributed by atoms with Crippen molar-refractivity contribution in [2.75, 3.05) is 0 Å². The molecule has 7 heteroatoms. The van der Waals surface area contributed by atoms with E-state index in [1.165, 1.54) is 24.3 Å². The highest BCUT2D eigenvalue weighted by Gasteiger charge is 2.09. The Labute approximate surface area is 137 Å². The molecule has 0 aliphatic carbocycles. The molecule has 0 aliphatic heterocycles. The van der Waals surface area contributed by atoms with Crippen LogP contribution in [-0.4, -0.2) is 21.0 Å². The third kappa shape index (κ3) is 3.14. The maximum atomic E-state index is 13.3. The van der Waals surface area contributed by atoms with Crippen molar-refractivity contribution in [2.45, 2.75) is 6.42 Å². The van der Waals surface area contributed by atoms with Crippen molar-refractivity contribution in [3.05, 3.63) is 74.0 Å². The van der Waals surface area contributed by atoms with E-state index in [9.17, 15) is 14.0 Å². The summed E-state index contributed by atoms with van der Waals surface area (Å²) in [5, 5.41) is 9.34. The van der Waals surface area contributed by atoms with Gasteiger partial charge in [0.25, 0.3) is 5.56 Å². The van der Waals surface area contributed by atoms with Gasteiger partial charge in [-0.15, -0.1) is 0 Å². The first-order chi connectivity index (χ1) is 10.9. The number of aromatic nitrogens is 2. The first-order valence-corrected chi connectivity index (χ1v) is 7.43. The lowest BCUT2D eigenvalue weighted by molar-refractivity contribution is 0.0697. The third-order valence-electron chi connectivity index (χ3n) is 3.36. The second kappa shape index (κ2) is 5.92. The largest absolute Gasteiger partial charge is 0.478 e. The smallest absolute Gasteiger partial charge is 0.335 e. The molecule has 23 heavy (non-hydrogen) atoms. The molecule has 0 radical (unpaired) electrons. The minimum Gasteiger partial charge on any atom is -0.478 e. The van der Waals surface area contributed by atoms with Crippen LogP contribution >= 0.6 is 15.9 Å². The number of H-pyrrole nitrogens is 1. The van der Waals surface area contributed by atoms with Crippen LogP contribution in [0.15, 0.2) is 45.7 Å². The van der Waals surface area contributed by atoms with Crippen molar-refractivity contribution in [1.82, 2.24) is 9.97 Å². The highest BCUT2D eigenvalue weighted by Crippen LogP contribution is 2.18. The molecule has 3 rings (SSSR count). The molecule has 2 aromatic carbocycles. The van der Waals surface area contributed by atoms with Crippen LogP contribution in [0.3, 0.4) is 0 Å². The van der Waals surface area contributed by atoms with E-state index in [0.717, 1.165) is 5.56 Å². The fourth-order valence-electron chi connectivity index (χ4n) is 2.25. The van der Waals surface area contributed by atoms with Gasteiger partial charge in [0.1, 0.15) is 11.6 Å². The number of hydrogen-bond acceptors (Lipinski definition) is 3. The minimum absolute atomic E-state index is 0.0612. The van der Waals surface area contributed by atoms with Gasteiger partial charge in [-0.3, -0.25) is 4.79 Å². The number of benzene rings is 2. The number of carboxylic acids is 1. The molecular weight excluding hydrogens is 367 g/mol. The van der Waals surface area contributed by atoms with Gasteiger partial charge in [-0.1, -0.05) is 6.07 Å². The molecule has 2 N–H and O–H groups in total. The summed E-state index contributed by atoms with van der Waals surface area (Å²) in [7, 11) is 0. The van der Waals surface area contributed by atoms with Gasteiger partial charge in [-0.25, -0.2) is 14.2 Å². The van der Waals surface area contributed by atoms with Gasteiger partial charge >= 0.3 is 5.97 Å². The van der Waals surface area contributed by atoms with Crippen molar-refractivity contribution < 1.29 is 14.3 Å². The first kappa shape index (κ1) is 15.4. The molecule has 0 atom stereocenters. The second-order valence-corrected chi connectivity index (χ2v) is 5.83. The van der Waals surface area contributed by atoms with Crippen LogP contribution in [0.1, 0.15) is 21.7 Å². The normalized spacial score (nSPS) is 10.9.